The van der Waals surface area contributed by atoms with Crippen molar-refractivity contribution >= 4 is 11.9 Å². The first kappa shape index (κ1) is 18.1. The van der Waals surface area contributed by atoms with Crippen LogP contribution >= 0.6 is 0 Å². The number of likely N-dealkylation sites (tertiary alicyclic amines) is 1. The molecule has 1 heterocycles. The lowest BCUT2D eigenvalue weighted by molar-refractivity contribution is -0.121. The van der Waals surface area contributed by atoms with Crippen LogP contribution in [0.2, 0.25) is 0 Å². The molecule has 0 aromatic heterocycles. The number of ether oxygens (including phenoxy) is 1. The molecule has 3 N–H and O–H groups in total. The fourth-order valence-corrected chi connectivity index (χ4v) is 2.89. The molecular formula is C18H27N3O3. The second-order valence-electron chi connectivity index (χ2n) is 6.47. The van der Waals surface area contributed by atoms with E-state index in [4.69, 9.17) is 10.5 Å². The normalized spacial score (nSPS) is 17.0. The number of carbonyl (C=O) groups excluding carboxylic acids is 2. The Bertz CT molecular complexity index is 616. The van der Waals surface area contributed by atoms with Gasteiger partial charge in [0.15, 0.2) is 0 Å². The topological polar surface area (TPSA) is 84.7 Å². The van der Waals surface area contributed by atoms with Crippen LogP contribution in [-0.4, -0.2) is 43.1 Å². The monoisotopic (exact) mass is 333 g/mol. The number of primary amides is 1. The van der Waals surface area contributed by atoms with E-state index in [1.165, 1.54) is 11.1 Å². The number of hydrogen-bond donors (Lipinski definition) is 2. The third-order valence-electron chi connectivity index (χ3n) is 4.50. The average Bonchev–Trinajstić information content (AvgIpc) is 3.01. The van der Waals surface area contributed by atoms with Gasteiger partial charge in [-0.3, -0.25) is 4.79 Å². The summed E-state index contributed by atoms with van der Waals surface area (Å²) in [6.07, 6.45) is 1.38. The van der Waals surface area contributed by atoms with E-state index in [0.29, 0.717) is 32.7 Å². The molecular weight excluding hydrogens is 306 g/mol. The number of nitrogens with two attached hydrogens (primary N) is 1. The summed E-state index contributed by atoms with van der Waals surface area (Å²) in [5, 5.41) is 2.86. The minimum atomic E-state index is -0.331. The van der Waals surface area contributed by atoms with Gasteiger partial charge >= 0.3 is 6.03 Å². The Morgan fingerprint density at radius 2 is 2.08 bits per heavy atom. The van der Waals surface area contributed by atoms with E-state index in [1.807, 2.05) is 6.07 Å². The molecule has 6 heteroatoms. The Morgan fingerprint density at radius 3 is 2.75 bits per heavy atom. The maximum atomic E-state index is 12.0. The molecule has 1 aliphatic heterocycles. The second kappa shape index (κ2) is 8.04. The highest BCUT2D eigenvalue weighted by atomic mass is 16.5. The van der Waals surface area contributed by atoms with Crippen molar-refractivity contribution in [2.24, 2.45) is 11.7 Å². The molecule has 1 fully saturated rings. The lowest BCUT2D eigenvalue weighted by atomic mass is 10.1. The van der Waals surface area contributed by atoms with Gasteiger partial charge in [-0.15, -0.1) is 0 Å². The van der Waals surface area contributed by atoms with E-state index in [-0.39, 0.29) is 17.9 Å². The summed E-state index contributed by atoms with van der Waals surface area (Å²) in [6, 6.07) is 4.04. The highest BCUT2D eigenvalue weighted by molar-refractivity contribution is 5.80. The van der Waals surface area contributed by atoms with Crippen molar-refractivity contribution in [1.82, 2.24) is 10.2 Å². The molecule has 132 valence electrons. The van der Waals surface area contributed by atoms with E-state index < -0.39 is 0 Å². The SMILES string of the molecule is Cc1cc(C)c(C)c(OCCCNC(=O)N2CC[C@@H](C(N)=O)C2)c1. The fourth-order valence-electron chi connectivity index (χ4n) is 2.89. The Hall–Kier alpha value is -2.24. The zero-order chi connectivity index (χ0) is 17.7. The Labute approximate surface area is 143 Å². The lowest BCUT2D eigenvalue weighted by Gasteiger charge is -2.17. The van der Waals surface area contributed by atoms with E-state index in [1.54, 1.807) is 4.90 Å². The van der Waals surface area contributed by atoms with E-state index >= 15 is 0 Å². The molecule has 0 saturated carbocycles. The molecule has 2 rings (SSSR count). The van der Waals surface area contributed by atoms with Gasteiger partial charge in [-0.2, -0.15) is 0 Å². The van der Waals surface area contributed by atoms with Crippen molar-refractivity contribution in [2.75, 3.05) is 26.2 Å². The molecule has 1 aromatic rings. The summed E-state index contributed by atoms with van der Waals surface area (Å²) < 4.78 is 5.83. The van der Waals surface area contributed by atoms with Gasteiger partial charge in [-0.1, -0.05) is 6.07 Å². The van der Waals surface area contributed by atoms with Crippen LogP contribution in [0.1, 0.15) is 29.5 Å². The van der Waals surface area contributed by atoms with E-state index in [2.05, 4.69) is 32.2 Å². The molecule has 1 atom stereocenters. The maximum absolute atomic E-state index is 12.0. The predicted octanol–water partition coefficient (Wildman–Crippen LogP) is 1.90. The van der Waals surface area contributed by atoms with Crippen LogP contribution in [0, 0.1) is 26.7 Å². The van der Waals surface area contributed by atoms with Crippen LogP contribution in [0.25, 0.3) is 0 Å². The highest BCUT2D eigenvalue weighted by Gasteiger charge is 2.29. The van der Waals surface area contributed by atoms with Crippen LogP contribution < -0.4 is 15.8 Å². The van der Waals surface area contributed by atoms with Gasteiger partial charge in [0.1, 0.15) is 5.75 Å². The van der Waals surface area contributed by atoms with Crippen LogP contribution in [0.3, 0.4) is 0 Å². The van der Waals surface area contributed by atoms with Crippen molar-refractivity contribution in [3.05, 3.63) is 28.8 Å². The van der Waals surface area contributed by atoms with Crippen LogP contribution in [-0.2, 0) is 4.79 Å². The number of benzene rings is 1. The minimum Gasteiger partial charge on any atom is -0.493 e. The van der Waals surface area contributed by atoms with Crippen LogP contribution in [0.5, 0.6) is 5.75 Å². The minimum absolute atomic E-state index is 0.138. The largest absolute Gasteiger partial charge is 0.493 e. The molecule has 6 nitrogen and oxygen atoms in total. The molecule has 0 radical (unpaired) electrons. The van der Waals surface area contributed by atoms with Gasteiger partial charge in [0.05, 0.1) is 12.5 Å². The summed E-state index contributed by atoms with van der Waals surface area (Å²) >= 11 is 0. The number of amides is 3. The van der Waals surface area contributed by atoms with Crippen molar-refractivity contribution in [1.29, 1.82) is 0 Å². The molecule has 1 aromatic carbocycles. The zero-order valence-electron chi connectivity index (χ0n) is 14.7. The summed E-state index contributed by atoms with van der Waals surface area (Å²) in [4.78, 5) is 24.8. The fraction of sp³-hybridized carbons (Fsp3) is 0.556. The smallest absolute Gasteiger partial charge is 0.317 e. The lowest BCUT2D eigenvalue weighted by Crippen LogP contribution is -2.40. The van der Waals surface area contributed by atoms with Crippen LogP contribution in [0.15, 0.2) is 12.1 Å². The third kappa shape index (κ3) is 4.63. The maximum Gasteiger partial charge on any atom is 0.317 e. The summed E-state index contributed by atoms with van der Waals surface area (Å²) in [6.45, 7) is 8.26. The molecule has 24 heavy (non-hydrogen) atoms. The Kier molecular flexibility index (Phi) is 6.06. The zero-order valence-corrected chi connectivity index (χ0v) is 14.7. The highest BCUT2D eigenvalue weighted by Crippen LogP contribution is 2.23. The third-order valence-corrected chi connectivity index (χ3v) is 4.50. The number of rotatable bonds is 6. The summed E-state index contributed by atoms with van der Waals surface area (Å²) in [7, 11) is 0. The Morgan fingerprint density at radius 1 is 1.33 bits per heavy atom. The number of urea groups is 1. The number of nitrogens with one attached hydrogen (secondary N) is 1. The number of carbonyl (C=O) groups is 2. The molecule has 0 aliphatic carbocycles. The molecule has 0 unspecified atom stereocenters. The quantitative estimate of drug-likeness (QED) is 0.780. The van der Waals surface area contributed by atoms with Crippen molar-refractivity contribution in [3.63, 3.8) is 0 Å². The average molecular weight is 333 g/mol. The van der Waals surface area contributed by atoms with Crippen molar-refractivity contribution in [2.45, 2.75) is 33.6 Å². The van der Waals surface area contributed by atoms with Gasteiger partial charge < -0.3 is 20.7 Å². The predicted molar refractivity (Wildman–Crippen MR) is 93.0 cm³/mol. The molecule has 1 aliphatic rings. The first-order valence-electron chi connectivity index (χ1n) is 8.41. The van der Waals surface area contributed by atoms with Gasteiger partial charge in [0, 0.05) is 19.6 Å². The molecule has 3 amide bonds. The van der Waals surface area contributed by atoms with Gasteiger partial charge in [0.2, 0.25) is 5.91 Å². The van der Waals surface area contributed by atoms with Gasteiger partial charge in [-0.05, 0) is 56.4 Å². The van der Waals surface area contributed by atoms with Crippen molar-refractivity contribution < 1.29 is 14.3 Å². The van der Waals surface area contributed by atoms with Crippen molar-refractivity contribution in [3.8, 4) is 5.75 Å². The van der Waals surface area contributed by atoms with E-state index in [0.717, 1.165) is 17.7 Å². The summed E-state index contributed by atoms with van der Waals surface area (Å²) in [5.41, 5.74) is 8.83. The molecule has 0 spiro atoms. The molecule has 0 bridgehead atoms. The number of aryl methyl sites for hydroxylation is 2. The first-order chi connectivity index (χ1) is 11.4. The van der Waals surface area contributed by atoms with Crippen LogP contribution in [0.4, 0.5) is 4.79 Å². The van der Waals surface area contributed by atoms with E-state index in [9.17, 15) is 9.59 Å². The standard InChI is InChI=1S/C18H27N3O3/c1-12-9-13(2)14(3)16(10-12)24-8-4-6-20-18(23)21-7-5-15(11-21)17(19)22/h9-10,15H,4-8,11H2,1-3H3,(H2,19,22)(H,20,23)/t15-/m1/s1. The number of hydrogen-bond acceptors (Lipinski definition) is 3. The Balaban J connectivity index is 1.69. The molecule has 1 saturated heterocycles. The van der Waals surface area contributed by atoms with Gasteiger partial charge in [0.25, 0.3) is 0 Å². The number of nitrogens with zero attached hydrogens (tertiary/aromatic N) is 1. The van der Waals surface area contributed by atoms with Gasteiger partial charge in [-0.25, -0.2) is 4.79 Å². The second-order valence-corrected chi connectivity index (χ2v) is 6.47. The summed E-state index contributed by atoms with van der Waals surface area (Å²) in [5.74, 6) is 0.358. The first-order valence-corrected chi connectivity index (χ1v) is 8.41.